The number of ether oxygens (including phenoxy) is 2. The predicted molar refractivity (Wildman–Crippen MR) is 154 cm³/mol. The molecule has 0 amide bonds. The van der Waals surface area contributed by atoms with E-state index in [1.165, 1.54) is 11.1 Å². The van der Waals surface area contributed by atoms with E-state index in [4.69, 9.17) is 14.5 Å². The first kappa shape index (κ1) is 27.2. The summed E-state index contributed by atoms with van der Waals surface area (Å²) in [7, 11) is 0. The van der Waals surface area contributed by atoms with Crippen LogP contribution in [0.15, 0.2) is 47.2 Å². The topological polar surface area (TPSA) is 44.2 Å². The monoisotopic (exact) mass is 578 g/mol. The fourth-order valence-corrected chi connectivity index (χ4v) is 6.12. The van der Waals surface area contributed by atoms with Gasteiger partial charge in [0.25, 0.3) is 0 Å². The second-order valence-corrected chi connectivity index (χ2v) is 11.9. The fourth-order valence-electron chi connectivity index (χ4n) is 5.74. The van der Waals surface area contributed by atoms with E-state index >= 15 is 0 Å². The third kappa shape index (κ3) is 5.63. The van der Waals surface area contributed by atoms with Crippen molar-refractivity contribution < 1.29 is 13.9 Å². The average Bonchev–Trinajstić information content (AvgIpc) is 3.04. The van der Waals surface area contributed by atoms with Crippen molar-refractivity contribution in [3.05, 3.63) is 75.4 Å². The minimum atomic E-state index is -0.633. The lowest BCUT2D eigenvalue weighted by Gasteiger charge is -2.39. The Morgan fingerprint density at radius 3 is 2.63 bits per heavy atom. The molecule has 38 heavy (non-hydrogen) atoms. The van der Waals surface area contributed by atoms with Crippen molar-refractivity contribution in [1.29, 1.82) is 0 Å². The summed E-state index contributed by atoms with van der Waals surface area (Å²) in [6, 6.07) is 8.98. The molecule has 2 aromatic heterocycles. The lowest BCUT2D eigenvalue weighted by atomic mass is 9.86. The molecular formula is C32H36BrFN2O2. The van der Waals surface area contributed by atoms with Crippen LogP contribution in [-0.4, -0.2) is 28.0 Å². The van der Waals surface area contributed by atoms with Crippen molar-refractivity contribution in [1.82, 2.24) is 9.97 Å². The summed E-state index contributed by atoms with van der Waals surface area (Å²) >= 11 is 3.54. The molecule has 5 rings (SSSR count). The molecule has 4 nitrogen and oxygen atoms in total. The Kier molecular flexibility index (Phi) is 7.86. The summed E-state index contributed by atoms with van der Waals surface area (Å²) < 4.78 is 27.2. The molecule has 1 fully saturated rings. The molecule has 1 aliphatic carbocycles. The Labute approximate surface area is 233 Å². The van der Waals surface area contributed by atoms with Crippen LogP contribution in [0, 0.1) is 5.82 Å². The Morgan fingerprint density at radius 2 is 1.92 bits per heavy atom. The molecule has 3 heterocycles. The zero-order chi connectivity index (χ0) is 27.0. The Morgan fingerprint density at radius 1 is 1.16 bits per heavy atom. The quantitative estimate of drug-likeness (QED) is 0.284. The van der Waals surface area contributed by atoms with E-state index in [-0.39, 0.29) is 23.9 Å². The van der Waals surface area contributed by atoms with Gasteiger partial charge >= 0.3 is 0 Å². The number of halogens is 2. The third-order valence-electron chi connectivity index (χ3n) is 7.44. The van der Waals surface area contributed by atoms with Crippen LogP contribution in [-0.2, 0) is 22.3 Å². The van der Waals surface area contributed by atoms with Crippen molar-refractivity contribution in [3.8, 4) is 22.4 Å². The molecule has 0 bridgehead atoms. The van der Waals surface area contributed by atoms with E-state index in [9.17, 15) is 4.39 Å². The van der Waals surface area contributed by atoms with Gasteiger partial charge in [-0.2, -0.15) is 0 Å². The highest BCUT2D eigenvalue weighted by molar-refractivity contribution is 9.10. The van der Waals surface area contributed by atoms with E-state index in [1.807, 2.05) is 32.2 Å². The summed E-state index contributed by atoms with van der Waals surface area (Å²) in [5.41, 5.74) is 8.76. The summed E-state index contributed by atoms with van der Waals surface area (Å²) in [5, 5.41) is 0. The summed E-state index contributed by atoms with van der Waals surface area (Å²) in [6.45, 7) is 10.5. The van der Waals surface area contributed by atoms with Crippen LogP contribution in [0.3, 0.4) is 0 Å². The SMILES string of the molecule is CC[C@H]1C[C@@H](/C=C/c2c(C(C)C)nc3c(c2-c2ccc(F)cc2)CCCc2cc(Br)ncc2-3)OC(C)(C)O1. The van der Waals surface area contributed by atoms with Crippen LogP contribution in [0.1, 0.15) is 82.2 Å². The third-order valence-corrected chi connectivity index (χ3v) is 7.88. The normalized spacial score (nSPS) is 20.8. The van der Waals surface area contributed by atoms with Crippen LogP contribution in [0.4, 0.5) is 4.39 Å². The molecule has 0 saturated carbocycles. The highest BCUT2D eigenvalue weighted by Gasteiger charge is 2.34. The minimum absolute atomic E-state index is 0.0640. The lowest BCUT2D eigenvalue weighted by Crippen LogP contribution is -2.43. The number of hydrogen-bond acceptors (Lipinski definition) is 4. The molecule has 0 radical (unpaired) electrons. The molecule has 0 N–H and O–H groups in total. The molecule has 3 aromatic rings. The predicted octanol–water partition coefficient (Wildman–Crippen LogP) is 8.66. The zero-order valence-corrected chi connectivity index (χ0v) is 24.4. The second kappa shape index (κ2) is 11.0. The van der Waals surface area contributed by atoms with Gasteiger partial charge in [0.1, 0.15) is 10.4 Å². The molecule has 2 atom stereocenters. The van der Waals surface area contributed by atoms with Gasteiger partial charge in [-0.3, -0.25) is 4.98 Å². The van der Waals surface area contributed by atoms with Gasteiger partial charge in [-0.1, -0.05) is 45.1 Å². The molecule has 0 unspecified atom stereocenters. The van der Waals surface area contributed by atoms with Gasteiger partial charge in [-0.05, 0) is 102 Å². The molecular weight excluding hydrogens is 543 g/mol. The number of fused-ring (bicyclic) bond motifs is 3. The van der Waals surface area contributed by atoms with Gasteiger partial charge in [0.05, 0.1) is 23.6 Å². The van der Waals surface area contributed by atoms with E-state index in [1.54, 1.807) is 12.1 Å². The summed E-state index contributed by atoms with van der Waals surface area (Å²) in [6.07, 6.45) is 11.0. The number of hydrogen-bond donors (Lipinski definition) is 0. The number of aromatic nitrogens is 2. The van der Waals surface area contributed by atoms with Crippen LogP contribution in [0.2, 0.25) is 0 Å². The molecule has 0 spiro atoms. The first-order valence-corrected chi connectivity index (χ1v) is 14.5. The van der Waals surface area contributed by atoms with E-state index < -0.39 is 5.79 Å². The van der Waals surface area contributed by atoms with Crippen LogP contribution in [0.5, 0.6) is 0 Å². The maximum Gasteiger partial charge on any atom is 0.163 e. The Bertz CT molecular complexity index is 1350. The highest BCUT2D eigenvalue weighted by atomic mass is 79.9. The van der Waals surface area contributed by atoms with E-state index in [2.05, 4.69) is 59.9 Å². The van der Waals surface area contributed by atoms with Crippen molar-refractivity contribution in [2.24, 2.45) is 0 Å². The van der Waals surface area contributed by atoms with Crippen molar-refractivity contribution in [2.45, 2.75) is 90.6 Å². The lowest BCUT2D eigenvalue weighted by molar-refractivity contribution is -0.290. The second-order valence-electron chi connectivity index (χ2n) is 11.1. The van der Waals surface area contributed by atoms with E-state index in [0.29, 0.717) is 0 Å². The van der Waals surface area contributed by atoms with Crippen LogP contribution >= 0.6 is 15.9 Å². The van der Waals surface area contributed by atoms with Gasteiger partial charge in [0.2, 0.25) is 0 Å². The first-order valence-electron chi connectivity index (χ1n) is 13.7. The maximum atomic E-state index is 14.0. The van der Waals surface area contributed by atoms with E-state index in [0.717, 1.165) is 70.3 Å². The van der Waals surface area contributed by atoms with Gasteiger partial charge in [-0.25, -0.2) is 9.37 Å². The highest BCUT2D eigenvalue weighted by Crippen LogP contribution is 2.42. The van der Waals surface area contributed by atoms with Gasteiger partial charge in [-0.15, -0.1) is 0 Å². The molecule has 200 valence electrons. The molecule has 2 aliphatic rings. The smallest absolute Gasteiger partial charge is 0.163 e. The van der Waals surface area contributed by atoms with Crippen molar-refractivity contribution in [3.63, 3.8) is 0 Å². The molecule has 6 heteroatoms. The van der Waals surface area contributed by atoms with Gasteiger partial charge in [0, 0.05) is 23.7 Å². The van der Waals surface area contributed by atoms with Crippen molar-refractivity contribution >= 4 is 22.0 Å². The Balaban J connectivity index is 1.72. The maximum absolute atomic E-state index is 14.0. The number of aryl methyl sites for hydroxylation is 1. The first-order chi connectivity index (χ1) is 18.1. The van der Waals surface area contributed by atoms with Gasteiger partial charge in [0.15, 0.2) is 5.79 Å². The standard InChI is InChI=1S/C32H36BrFN2O2/c1-6-23-17-24(38-32(4,5)37-23)14-15-26-29(20-10-12-22(34)13-11-20)25-9-7-8-21-16-28(33)35-18-27(21)31(25)36-30(26)19(2)3/h10-16,18-19,23-24H,6-9,17H2,1-5H3/b15-14+/t23-,24+/m0/s1. The molecule has 1 aliphatic heterocycles. The number of rotatable bonds is 5. The fraction of sp³-hybridized carbons (Fsp3) is 0.438. The van der Waals surface area contributed by atoms with Crippen molar-refractivity contribution in [2.75, 3.05) is 0 Å². The van der Waals surface area contributed by atoms with Crippen LogP contribution < -0.4 is 0 Å². The summed E-state index contributed by atoms with van der Waals surface area (Å²) in [5.74, 6) is -0.686. The largest absolute Gasteiger partial charge is 0.347 e. The number of pyridine rings is 2. The van der Waals surface area contributed by atoms with Gasteiger partial charge < -0.3 is 9.47 Å². The average molecular weight is 580 g/mol. The Hall–Kier alpha value is -2.41. The van der Waals surface area contributed by atoms with Crippen LogP contribution in [0.25, 0.3) is 28.5 Å². The summed E-state index contributed by atoms with van der Waals surface area (Å²) in [4.78, 5) is 9.88. The number of nitrogens with zero attached hydrogens (tertiary/aromatic N) is 2. The zero-order valence-electron chi connectivity index (χ0n) is 22.9. The molecule has 1 aromatic carbocycles. The minimum Gasteiger partial charge on any atom is -0.347 e. The molecule has 1 saturated heterocycles. The number of benzene rings is 1.